The summed E-state index contributed by atoms with van der Waals surface area (Å²) in [7, 11) is -4.52. The fraction of sp³-hybridized carbons (Fsp3) is 0.941. The zero-order valence-electron chi connectivity index (χ0n) is 28.6. The standard InChI is InChI=1S/C34H67O10P/c1-3-5-7-9-11-13-15-17-19-21-23-25-32(37)43-34(27-28-41-45(39,40)42-30-31(36)29-35)44-33(38)26-24-22-20-18-16-14-12-10-8-6-4-2/h31,34-36H,3-30H2,1-2H3,(H,39,40). The summed E-state index contributed by atoms with van der Waals surface area (Å²) in [6.07, 6.45) is 23.2. The van der Waals surface area contributed by atoms with E-state index in [2.05, 4.69) is 18.4 Å². The van der Waals surface area contributed by atoms with Crippen molar-refractivity contribution in [3.8, 4) is 0 Å². The van der Waals surface area contributed by atoms with Gasteiger partial charge in [0.15, 0.2) is 0 Å². The number of unbranched alkanes of at least 4 members (excludes halogenated alkanes) is 20. The van der Waals surface area contributed by atoms with E-state index < -0.39 is 45.4 Å². The highest BCUT2D eigenvalue weighted by Gasteiger charge is 2.25. The van der Waals surface area contributed by atoms with E-state index in [1.165, 1.54) is 89.9 Å². The highest BCUT2D eigenvalue weighted by Crippen LogP contribution is 2.43. The molecule has 0 aliphatic carbocycles. The molecule has 0 bridgehead atoms. The van der Waals surface area contributed by atoms with Crippen molar-refractivity contribution in [2.24, 2.45) is 0 Å². The summed E-state index contributed by atoms with van der Waals surface area (Å²) in [6.45, 7) is 2.84. The van der Waals surface area contributed by atoms with E-state index in [0.717, 1.165) is 38.5 Å². The average molecular weight is 667 g/mol. The van der Waals surface area contributed by atoms with Gasteiger partial charge in [-0.3, -0.25) is 18.6 Å². The van der Waals surface area contributed by atoms with Crippen molar-refractivity contribution in [2.45, 2.75) is 187 Å². The Labute approximate surface area is 273 Å². The molecule has 0 aromatic rings. The van der Waals surface area contributed by atoms with Gasteiger partial charge >= 0.3 is 19.8 Å². The van der Waals surface area contributed by atoms with E-state index in [-0.39, 0.29) is 25.9 Å². The SMILES string of the molecule is CCCCCCCCCCCCCC(=O)OC(CCOP(=O)(O)OCC(O)CO)OC(=O)CCCCCCCCCCCCC. The first-order chi connectivity index (χ1) is 21.7. The topological polar surface area (TPSA) is 149 Å². The molecule has 0 radical (unpaired) electrons. The van der Waals surface area contributed by atoms with Gasteiger partial charge in [0.2, 0.25) is 6.29 Å². The van der Waals surface area contributed by atoms with Gasteiger partial charge in [0.25, 0.3) is 0 Å². The average Bonchev–Trinajstić information content (AvgIpc) is 3.01. The Kier molecular flexibility index (Phi) is 30.8. The van der Waals surface area contributed by atoms with Gasteiger partial charge in [-0.1, -0.05) is 142 Å². The molecule has 11 heteroatoms. The predicted octanol–water partition coefficient (Wildman–Crippen LogP) is 8.68. The smallest absolute Gasteiger partial charge is 0.425 e. The summed E-state index contributed by atoms with van der Waals surface area (Å²) in [5.74, 6) is -0.985. The van der Waals surface area contributed by atoms with Gasteiger partial charge in [0.05, 0.1) is 19.8 Å². The third-order valence-corrected chi connectivity index (χ3v) is 8.73. The van der Waals surface area contributed by atoms with Crippen molar-refractivity contribution in [3.63, 3.8) is 0 Å². The molecule has 0 aliphatic heterocycles. The lowest BCUT2D eigenvalue weighted by Gasteiger charge is -2.19. The van der Waals surface area contributed by atoms with Crippen LogP contribution in [0.25, 0.3) is 0 Å². The Bertz CT molecular complexity index is 696. The molecule has 45 heavy (non-hydrogen) atoms. The largest absolute Gasteiger partial charge is 0.472 e. The predicted molar refractivity (Wildman–Crippen MR) is 178 cm³/mol. The second kappa shape index (κ2) is 31.6. The molecule has 2 atom stereocenters. The number of carbonyl (C=O) groups excluding carboxylic acids is 2. The fourth-order valence-corrected chi connectivity index (χ4v) is 5.73. The Morgan fingerprint density at radius 3 is 1.31 bits per heavy atom. The highest BCUT2D eigenvalue weighted by molar-refractivity contribution is 7.47. The summed E-state index contributed by atoms with van der Waals surface area (Å²) in [5.41, 5.74) is 0. The Hall–Kier alpha value is -1.03. The second-order valence-corrected chi connectivity index (χ2v) is 13.7. The third-order valence-electron chi connectivity index (χ3n) is 7.74. The summed E-state index contributed by atoms with van der Waals surface area (Å²) < 4.78 is 32.3. The number of phosphoric ester groups is 1. The molecule has 0 amide bonds. The van der Waals surface area contributed by atoms with Crippen LogP contribution in [0, 0.1) is 0 Å². The minimum absolute atomic E-state index is 0.148. The van der Waals surface area contributed by atoms with Crippen LogP contribution < -0.4 is 0 Å². The minimum Gasteiger partial charge on any atom is -0.425 e. The number of carbonyl (C=O) groups is 2. The van der Waals surface area contributed by atoms with Crippen molar-refractivity contribution < 1.29 is 47.8 Å². The van der Waals surface area contributed by atoms with E-state index in [0.29, 0.717) is 12.8 Å². The molecule has 0 aliphatic rings. The number of aliphatic hydroxyl groups is 2. The zero-order valence-corrected chi connectivity index (χ0v) is 29.5. The first kappa shape index (κ1) is 44.0. The maximum atomic E-state index is 12.5. The Balaban J connectivity index is 4.42. The summed E-state index contributed by atoms with van der Waals surface area (Å²) in [5, 5.41) is 18.1. The van der Waals surface area contributed by atoms with Crippen LogP contribution in [-0.4, -0.2) is 59.3 Å². The van der Waals surface area contributed by atoms with Gasteiger partial charge < -0.3 is 24.6 Å². The molecule has 0 heterocycles. The van der Waals surface area contributed by atoms with Crippen LogP contribution in [0.4, 0.5) is 0 Å². The van der Waals surface area contributed by atoms with Crippen LogP contribution in [0.3, 0.4) is 0 Å². The van der Waals surface area contributed by atoms with Gasteiger partial charge in [0, 0.05) is 19.3 Å². The molecule has 0 saturated heterocycles. The number of hydrogen-bond donors (Lipinski definition) is 3. The number of aliphatic hydroxyl groups excluding tert-OH is 2. The molecule has 2 unspecified atom stereocenters. The lowest BCUT2D eigenvalue weighted by atomic mass is 10.1. The van der Waals surface area contributed by atoms with E-state index in [1.807, 2.05) is 0 Å². The molecular formula is C34H67O10P. The van der Waals surface area contributed by atoms with Gasteiger partial charge in [-0.25, -0.2) is 4.57 Å². The molecule has 0 aromatic carbocycles. The molecule has 10 nitrogen and oxygen atoms in total. The van der Waals surface area contributed by atoms with Crippen LogP contribution in [0.15, 0.2) is 0 Å². The quantitative estimate of drug-likeness (QED) is 0.0263. The van der Waals surface area contributed by atoms with E-state index in [1.54, 1.807) is 0 Å². The Morgan fingerprint density at radius 1 is 0.600 bits per heavy atom. The fourth-order valence-electron chi connectivity index (χ4n) is 4.95. The monoisotopic (exact) mass is 666 g/mol. The Morgan fingerprint density at radius 2 is 0.956 bits per heavy atom. The maximum Gasteiger partial charge on any atom is 0.472 e. The normalized spacial score (nSPS) is 13.6. The van der Waals surface area contributed by atoms with E-state index >= 15 is 0 Å². The van der Waals surface area contributed by atoms with Crippen LogP contribution in [0.5, 0.6) is 0 Å². The minimum atomic E-state index is -4.52. The van der Waals surface area contributed by atoms with Crippen LogP contribution in [-0.2, 0) is 32.7 Å². The van der Waals surface area contributed by atoms with Crippen molar-refractivity contribution in [2.75, 3.05) is 19.8 Å². The summed E-state index contributed by atoms with van der Waals surface area (Å²) in [6, 6.07) is 0. The van der Waals surface area contributed by atoms with Crippen molar-refractivity contribution in [1.29, 1.82) is 0 Å². The lowest BCUT2D eigenvalue weighted by Crippen LogP contribution is -2.26. The second-order valence-electron chi connectivity index (χ2n) is 12.2. The summed E-state index contributed by atoms with van der Waals surface area (Å²) in [4.78, 5) is 34.8. The zero-order chi connectivity index (χ0) is 33.4. The lowest BCUT2D eigenvalue weighted by molar-refractivity contribution is -0.190. The number of hydrogen-bond acceptors (Lipinski definition) is 9. The maximum absolute atomic E-state index is 12.5. The van der Waals surface area contributed by atoms with E-state index in [4.69, 9.17) is 19.1 Å². The summed E-state index contributed by atoms with van der Waals surface area (Å²) >= 11 is 0. The van der Waals surface area contributed by atoms with E-state index in [9.17, 15) is 24.2 Å². The molecule has 0 fully saturated rings. The molecule has 3 N–H and O–H groups in total. The molecule has 0 rings (SSSR count). The van der Waals surface area contributed by atoms with Crippen molar-refractivity contribution in [3.05, 3.63) is 0 Å². The van der Waals surface area contributed by atoms with Gasteiger partial charge in [0.1, 0.15) is 6.10 Å². The first-order valence-corrected chi connectivity index (χ1v) is 19.5. The third kappa shape index (κ3) is 31.3. The molecule has 268 valence electrons. The van der Waals surface area contributed by atoms with Gasteiger partial charge in [-0.05, 0) is 12.8 Å². The van der Waals surface area contributed by atoms with Crippen molar-refractivity contribution >= 4 is 19.8 Å². The number of ether oxygens (including phenoxy) is 2. The number of esters is 2. The first-order valence-electron chi connectivity index (χ1n) is 18.0. The molecule has 0 aromatic heterocycles. The molecular weight excluding hydrogens is 599 g/mol. The van der Waals surface area contributed by atoms with Crippen LogP contribution in [0.2, 0.25) is 0 Å². The van der Waals surface area contributed by atoms with Crippen LogP contribution >= 0.6 is 7.82 Å². The number of rotatable bonds is 34. The molecule has 0 spiro atoms. The highest BCUT2D eigenvalue weighted by atomic mass is 31.2. The van der Waals surface area contributed by atoms with Gasteiger partial charge in [-0.15, -0.1) is 0 Å². The van der Waals surface area contributed by atoms with Gasteiger partial charge in [-0.2, -0.15) is 0 Å². The van der Waals surface area contributed by atoms with Crippen LogP contribution in [0.1, 0.15) is 174 Å². The number of phosphoric acid groups is 1. The van der Waals surface area contributed by atoms with Crippen molar-refractivity contribution in [1.82, 2.24) is 0 Å². The molecule has 0 saturated carbocycles.